The Morgan fingerprint density at radius 2 is 1.83 bits per heavy atom. The van der Waals surface area contributed by atoms with Crippen LogP contribution in [0, 0.1) is 0 Å². The summed E-state index contributed by atoms with van der Waals surface area (Å²) in [5.74, 6) is 1.79. The van der Waals surface area contributed by atoms with E-state index in [9.17, 15) is 5.11 Å². The minimum absolute atomic E-state index is 0.0378. The van der Waals surface area contributed by atoms with E-state index < -0.39 is 0 Å². The Bertz CT molecular complexity index is 819. The number of aliphatic hydroxyl groups is 1. The molecule has 6 heteroatoms. The Morgan fingerprint density at radius 3 is 2.67 bits per heavy atom. The maximum atomic E-state index is 9.45. The lowest BCUT2D eigenvalue weighted by Gasteiger charge is -2.34. The lowest BCUT2D eigenvalue weighted by molar-refractivity contribution is 0.111. The third kappa shape index (κ3) is 2.83. The number of ether oxygens (including phenoxy) is 1. The number of hydrogen-bond donors (Lipinski definition) is 1. The second-order valence-corrected chi connectivity index (χ2v) is 5.64. The summed E-state index contributed by atoms with van der Waals surface area (Å²) >= 11 is 0. The molecule has 0 aliphatic carbocycles. The molecule has 2 aromatic carbocycles. The molecular formula is C18H17N3O3. The Morgan fingerprint density at radius 1 is 1.04 bits per heavy atom. The van der Waals surface area contributed by atoms with Gasteiger partial charge in [0.15, 0.2) is 0 Å². The number of anilines is 1. The first kappa shape index (κ1) is 14.7. The molecule has 2 heterocycles. The average Bonchev–Trinajstić information content (AvgIpc) is 3.11. The molecule has 1 aliphatic heterocycles. The molecule has 0 spiro atoms. The van der Waals surface area contributed by atoms with Crippen LogP contribution in [0.4, 0.5) is 5.69 Å². The highest BCUT2D eigenvalue weighted by Crippen LogP contribution is 2.34. The molecule has 1 aliphatic rings. The van der Waals surface area contributed by atoms with Crippen LogP contribution in [0.5, 0.6) is 5.75 Å². The number of fused-ring (bicyclic) bond motifs is 1. The van der Waals surface area contributed by atoms with Crippen LogP contribution in [0.1, 0.15) is 5.89 Å². The van der Waals surface area contributed by atoms with Crippen molar-refractivity contribution < 1.29 is 14.3 Å². The molecule has 1 atom stereocenters. The predicted octanol–water partition coefficient (Wildman–Crippen LogP) is 2.50. The van der Waals surface area contributed by atoms with Crippen molar-refractivity contribution in [3.8, 4) is 17.2 Å². The second-order valence-electron chi connectivity index (χ2n) is 5.64. The van der Waals surface area contributed by atoms with Gasteiger partial charge in [-0.1, -0.05) is 30.3 Å². The molecule has 0 saturated carbocycles. The van der Waals surface area contributed by atoms with E-state index in [0.29, 0.717) is 24.9 Å². The minimum Gasteiger partial charge on any atom is -0.484 e. The van der Waals surface area contributed by atoms with E-state index in [2.05, 4.69) is 15.1 Å². The van der Waals surface area contributed by atoms with Crippen LogP contribution in [0.15, 0.2) is 59.0 Å². The lowest BCUT2D eigenvalue weighted by Crippen LogP contribution is -2.41. The largest absolute Gasteiger partial charge is 0.484 e. The maximum Gasteiger partial charge on any atom is 0.247 e. The van der Waals surface area contributed by atoms with Gasteiger partial charge in [-0.15, -0.1) is 10.2 Å². The van der Waals surface area contributed by atoms with Crippen LogP contribution >= 0.6 is 0 Å². The van der Waals surface area contributed by atoms with Crippen molar-refractivity contribution in [1.82, 2.24) is 10.2 Å². The van der Waals surface area contributed by atoms with Crippen LogP contribution in [0.3, 0.4) is 0 Å². The topological polar surface area (TPSA) is 71.6 Å². The highest BCUT2D eigenvalue weighted by Gasteiger charge is 2.26. The summed E-state index contributed by atoms with van der Waals surface area (Å²) in [7, 11) is 0. The maximum absolute atomic E-state index is 9.45. The smallest absolute Gasteiger partial charge is 0.247 e. The predicted molar refractivity (Wildman–Crippen MR) is 88.7 cm³/mol. The number of hydrogen-bond acceptors (Lipinski definition) is 6. The molecule has 0 amide bonds. The van der Waals surface area contributed by atoms with E-state index in [4.69, 9.17) is 9.15 Å². The standard InChI is InChI=1S/C18H17N3O3/c22-12-14-10-21(15-8-4-5-9-16(15)23-14)11-17-19-20-18(24-17)13-6-2-1-3-7-13/h1-9,14,22H,10-12H2. The fourth-order valence-electron chi connectivity index (χ4n) is 2.80. The Hall–Kier alpha value is -2.86. The summed E-state index contributed by atoms with van der Waals surface area (Å²) in [4.78, 5) is 2.09. The highest BCUT2D eigenvalue weighted by molar-refractivity contribution is 5.60. The summed E-state index contributed by atoms with van der Waals surface area (Å²) in [5.41, 5.74) is 1.86. The summed E-state index contributed by atoms with van der Waals surface area (Å²) in [5, 5.41) is 17.7. The van der Waals surface area contributed by atoms with Crippen molar-refractivity contribution >= 4 is 5.69 Å². The van der Waals surface area contributed by atoms with Gasteiger partial charge in [0.2, 0.25) is 11.8 Å². The Labute approximate surface area is 139 Å². The number of para-hydroxylation sites is 2. The van der Waals surface area contributed by atoms with E-state index >= 15 is 0 Å². The number of nitrogens with zero attached hydrogens (tertiary/aromatic N) is 3. The van der Waals surface area contributed by atoms with Crippen molar-refractivity contribution in [2.45, 2.75) is 12.6 Å². The van der Waals surface area contributed by atoms with Gasteiger partial charge in [0, 0.05) is 5.56 Å². The van der Waals surface area contributed by atoms with Gasteiger partial charge < -0.3 is 19.2 Å². The first-order valence-electron chi connectivity index (χ1n) is 7.83. The molecular weight excluding hydrogens is 306 g/mol. The number of benzene rings is 2. The third-order valence-electron chi connectivity index (χ3n) is 3.94. The average molecular weight is 323 g/mol. The molecule has 1 unspecified atom stereocenters. The van der Waals surface area contributed by atoms with Gasteiger partial charge in [0.1, 0.15) is 11.9 Å². The normalized spacial score (nSPS) is 16.5. The molecule has 1 N–H and O–H groups in total. The fourth-order valence-corrected chi connectivity index (χ4v) is 2.80. The Kier molecular flexibility index (Phi) is 3.88. The van der Waals surface area contributed by atoms with Crippen LogP contribution in [0.2, 0.25) is 0 Å². The van der Waals surface area contributed by atoms with Crippen LogP contribution in [0.25, 0.3) is 11.5 Å². The number of aliphatic hydroxyl groups excluding tert-OH is 1. The monoisotopic (exact) mass is 323 g/mol. The van der Waals surface area contributed by atoms with Gasteiger partial charge in [-0.2, -0.15) is 0 Å². The summed E-state index contributed by atoms with van der Waals surface area (Å²) in [6, 6.07) is 17.4. The fraction of sp³-hybridized carbons (Fsp3) is 0.222. The Balaban J connectivity index is 1.58. The third-order valence-corrected chi connectivity index (χ3v) is 3.94. The molecule has 0 saturated heterocycles. The van der Waals surface area contributed by atoms with Crippen molar-refractivity contribution in [3.05, 3.63) is 60.5 Å². The SMILES string of the molecule is OCC1CN(Cc2nnc(-c3ccccc3)o2)c2ccccc2O1. The highest BCUT2D eigenvalue weighted by atomic mass is 16.5. The van der Waals surface area contributed by atoms with E-state index in [1.54, 1.807) is 0 Å². The van der Waals surface area contributed by atoms with Gasteiger partial charge >= 0.3 is 0 Å². The molecule has 24 heavy (non-hydrogen) atoms. The summed E-state index contributed by atoms with van der Waals surface area (Å²) < 4.78 is 11.6. The molecule has 6 nitrogen and oxygen atoms in total. The second kappa shape index (κ2) is 6.33. The number of rotatable bonds is 4. The summed E-state index contributed by atoms with van der Waals surface area (Å²) in [6.07, 6.45) is -0.267. The zero-order valence-electron chi connectivity index (χ0n) is 13.0. The molecule has 4 rings (SSSR count). The van der Waals surface area contributed by atoms with Crippen LogP contribution < -0.4 is 9.64 Å². The van der Waals surface area contributed by atoms with Gasteiger partial charge in [0.25, 0.3) is 0 Å². The minimum atomic E-state index is -0.267. The van der Waals surface area contributed by atoms with E-state index in [1.165, 1.54) is 0 Å². The quantitative estimate of drug-likeness (QED) is 0.795. The van der Waals surface area contributed by atoms with Gasteiger partial charge in [-0.3, -0.25) is 0 Å². The first-order valence-corrected chi connectivity index (χ1v) is 7.83. The molecule has 0 bridgehead atoms. The zero-order chi connectivity index (χ0) is 16.4. The lowest BCUT2D eigenvalue weighted by atomic mass is 10.2. The summed E-state index contributed by atoms with van der Waals surface area (Å²) in [6.45, 7) is 0.997. The molecule has 3 aromatic rings. The first-order chi connectivity index (χ1) is 11.8. The van der Waals surface area contributed by atoms with Gasteiger partial charge in [0.05, 0.1) is 25.4 Å². The van der Waals surface area contributed by atoms with Crippen molar-refractivity contribution in [3.63, 3.8) is 0 Å². The van der Waals surface area contributed by atoms with E-state index in [0.717, 1.165) is 17.0 Å². The van der Waals surface area contributed by atoms with Gasteiger partial charge in [-0.25, -0.2) is 0 Å². The van der Waals surface area contributed by atoms with Crippen LogP contribution in [-0.4, -0.2) is 34.6 Å². The van der Waals surface area contributed by atoms with E-state index in [1.807, 2.05) is 54.6 Å². The van der Waals surface area contributed by atoms with Crippen molar-refractivity contribution in [2.75, 3.05) is 18.1 Å². The molecule has 122 valence electrons. The zero-order valence-corrected chi connectivity index (χ0v) is 13.0. The van der Waals surface area contributed by atoms with Gasteiger partial charge in [-0.05, 0) is 24.3 Å². The van der Waals surface area contributed by atoms with Crippen molar-refractivity contribution in [1.29, 1.82) is 0 Å². The number of aromatic nitrogens is 2. The van der Waals surface area contributed by atoms with Crippen molar-refractivity contribution in [2.24, 2.45) is 0 Å². The molecule has 0 radical (unpaired) electrons. The molecule has 0 fully saturated rings. The molecule has 1 aromatic heterocycles. The van der Waals surface area contributed by atoms with Crippen LogP contribution in [-0.2, 0) is 6.54 Å². The van der Waals surface area contributed by atoms with E-state index in [-0.39, 0.29) is 12.7 Å².